The molecule has 1 unspecified atom stereocenters. The summed E-state index contributed by atoms with van der Waals surface area (Å²) >= 11 is 3.59. The van der Waals surface area contributed by atoms with Crippen LogP contribution in [0.15, 0.2) is 22.7 Å². The normalized spacial score (nSPS) is 12.8. The summed E-state index contributed by atoms with van der Waals surface area (Å²) in [7, 11) is 2.20. The zero-order valence-electron chi connectivity index (χ0n) is 12.8. The molecule has 3 heteroatoms. The lowest BCUT2D eigenvalue weighted by atomic mass is 10.1. The van der Waals surface area contributed by atoms with E-state index in [-0.39, 0.29) is 0 Å². The van der Waals surface area contributed by atoms with E-state index in [1.54, 1.807) is 0 Å². The molecule has 0 aliphatic rings. The molecular formula is C16H27BrN2. The zero-order valence-corrected chi connectivity index (χ0v) is 14.4. The molecule has 1 atom stereocenters. The fourth-order valence-electron chi connectivity index (χ4n) is 2.18. The number of benzene rings is 1. The Hall–Kier alpha value is -0.540. The van der Waals surface area contributed by atoms with Gasteiger partial charge in [-0.1, -0.05) is 49.2 Å². The van der Waals surface area contributed by atoms with Crippen molar-refractivity contribution in [2.45, 2.75) is 59.2 Å². The molecule has 0 radical (unpaired) electrons. The average Bonchev–Trinajstić information content (AvgIpc) is 2.36. The van der Waals surface area contributed by atoms with Gasteiger partial charge in [-0.05, 0) is 31.0 Å². The summed E-state index contributed by atoms with van der Waals surface area (Å²) in [6, 6.07) is 7.64. The van der Waals surface area contributed by atoms with Gasteiger partial charge in [0.05, 0.1) is 0 Å². The SMILES string of the molecule is CCCC(C)N(C)c1cc(Br)ccc1CNC(C)C. The minimum Gasteiger partial charge on any atom is -0.372 e. The molecule has 0 spiro atoms. The van der Waals surface area contributed by atoms with Gasteiger partial charge >= 0.3 is 0 Å². The van der Waals surface area contributed by atoms with Crippen molar-refractivity contribution in [3.8, 4) is 0 Å². The van der Waals surface area contributed by atoms with Crippen LogP contribution in [0, 0.1) is 0 Å². The Morgan fingerprint density at radius 1 is 1.26 bits per heavy atom. The minimum absolute atomic E-state index is 0.509. The zero-order chi connectivity index (χ0) is 14.4. The number of nitrogens with zero attached hydrogens (tertiary/aromatic N) is 1. The molecule has 2 nitrogen and oxygen atoms in total. The molecule has 0 aliphatic heterocycles. The Bertz CT molecular complexity index is 390. The van der Waals surface area contributed by atoms with Crippen molar-refractivity contribution in [3.63, 3.8) is 0 Å². The monoisotopic (exact) mass is 326 g/mol. The summed E-state index contributed by atoms with van der Waals surface area (Å²) in [5, 5.41) is 3.51. The smallest absolute Gasteiger partial charge is 0.0422 e. The molecule has 1 aromatic carbocycles. The average molecular weight is 327 g/mol. The quantitative estimate of drug-likeness (QED) is 0.789. The third-order valence-electron chi connectivity index (χ3n) is 3.50. The van der Waals surface area contributed by atoms with Crippen molar-refractivity contribution >= 4 is 21.6 Å². The van der Waals surface area contributed by atoms with E-state index in [0.717, 1.165) is 11.0 Å². The van der Waals surface area contributed by atoms with Crippen molar-refractivity contribution in [3.05, 3.63) is 28.2 Å². The van der Waals surface area contributed by atoms with E-state index in [0.29, 0.717) is 12.1 Å². The first-order chi connectivity index (χ1) is 8.95. The molecule has 0 aromatic heterocycles. The van der Waals surface area contributed by atoms with Gasteiger partial charge in [-0.3, -0.25) is 0 Å². The Morgan fingerprint density at radius 2 is 1.95 bits per heavy atom. The summed E-state index contributed by atoms with van der Waals surface area (Å²) in [4.78, 5) is 2.39. The van der Waals surface area contributed by atoms with E-state index < -0.39 is 0 Å². The molecule has 19 heavy (non-hydrogen) atoms. The number of anilines is 1. The Labute approximate surface area is 126 Å². The van der Waals surface area contributed by atoms with Crippen LogP contribution in [0.5, 0.6) is 0 Å². The van der Waals surface area contributed by atoms with Crippen molar-refractivity contribution < 1.29 is 0 Å². The molecule has 1 N–H and O–H groups in total. The maximum atomic E-state index is 3.59. The summed E-state index contributed by atoms with van der Waals surface area (Å²) in [5.74, 6) is 0. The van der Waals surface area contributed by atoms with Crippen LogP contribution in [0.4, 0.5) is 5.69 Å². The maximum absolute atomic E-state index is 3.59. The lowest BCUT2D eigenvalue weighted by Crippen LogP contribution is -2.30. The summed E-state index contributed by atoms with van der Waals surface area (Å²) in [5.41, 5.74) is 2.69. The molecule has 0 aliphatic carbocycles. The van der Waals surface area contributed by atoms with Crippen LogP contribution in [0.2, 0.25) is 0 Å². The van der Waals surface area contributed by atoms with Crippen LogP contribution >= 0.6 is 15.9 Å². The molecule has 0 amide bonds. The molecule has 108 valence electrons. The maximum Gasteiger partial charge on any atom is 0.0422 e. The van der Waals surface area contributed by atoms with Crippen molar-refractivity contribution in [2.24, 2.45) is 0 Å². The largest absolute Gasteiger partial charge is 0.372 e. The van der Waals surface area contributed by atoms with E-state index >= 15 is 0 Å². The van der Waals surface area contributed by atoms with Crippen LogP contribution in [-0.2, 0) is 6.54 Å². The van der Waals surface area contributed by atoms with Crippen molar-refractivity contribution in [1.29, 1.82) is 0 Å². The highest BCUT2D eigenvalue weighted by atomic mass is 79.9. The topological polar surface area (TPSA) is 15.3 Å². The molecule has 0 heterocycles. The summed E-state index contributed by atoms with van der Waals surface area (Å²) in [6.45, 7) is 9.82. The van der Waals surface area contributed by atoms with Gasteiger partial charge < -0.3 is 10.2 Å². The fraction of sp³-hybridized carbons (Fsp3) is 0.625. The molecule has 1 rings (SSSR count). The Kier molecular flexibility index (Phi) is 6.87. The Balaban J connectivity index is 2.92. The molecule has 0 bridgehead atoms. The van der Waals surface area contributed by atoms with Crippen LogP contribution in [0.3, 0.4) is 0 Å². The molecule has 1 aromatic rings. The summed E-state index contributed by atoms with van der Waals surface area (Å²) < 4.78 is 1.14. The standard InChI is InChI=1S/C16H27BrN2/c1-6-7-13(4)19(5)16-10-15(17)9-8-14(16)11-18-12(2)3/h8-10,12-13,18H,6-7,11H2,1-5H3. The Morgan fingerprint density at radius 3 is 2.53 bits per heavy atom. The van der Waals surface area contributed by atoms with Gasteiger partial charge in [0.25, 0.3) is 0 Å². The van der Waals surface area contributed by atoms with Crippen LogP contribution in [-0.4, -0.2) is 19.1 Å². The first-order valence-electron chi connectivity index (χ1n) is 7.20. The number of hydrogen-bond donors (Lipinski definition) is 1. The van der Waals surface area contributed by atoms with Crippen molar-refractivity contribution in [2.75, 3.05) is 11.9 Å². The predicted octanol–water partition coefficient (Wildman–Crippen LogP) is 4.57. The van der Waals surface area contributed by atoms with Gasteiger partial charge in [0, 0.05) is 35.8 Å². The van der Waals surface area contributed by atoms with Gasteiger partial charge in [-0.15, -0.1) is 0 Å². The fourth-order valence-corrected chi connectivity index (χ4v) is 2.53. The highest BCUT2D eigenvalue weighted by molar-refractivity contribution is 9.10. The van der Waals surface area contributed by atoms with Crippen LogP contribution < -0.4 is 10.2 Å². The number of hydrogen-bond acceptors (Lipinski definition) is 2. The van der Waals surface area contributed by atoms with Gasteiger partial charge in [-0.25, -0.2) is 0 Å². The van der Waals surface area contributed by atoms with Gasteiger partial charge in [0.1, 0.15) is 0 Å². The van der Waals surface area contributed by atoms with Gasteiger partial charge in [-0.2, -0.15) is 0 Å². The van der Waals surface area contributed by atoms with Crippen LogP contribution in [0.25, 0.3) is 0 Å². The predicted molar refractivity (Wildman–Crippen MR) is 88.9 cm³/mol. The second-order valence-corrected chi connectivity index (χ2v) is 6.47. The number of rotatable bonds is 7. The second kappa shape index (κ2) is 7.91. The van der Waals surface area contributed by atoms with E-state index in [1.807, 2.05) is 0 Å². The third-order valence-corrected chi connectivity index (χ3v) is 3.99. The van der Waals surface area contributed by atoms with Gasteiger partial charge in [0.15, 0.2) is 0 Å². The molecule has 0 saturated heterocycles. The summed E-state index contributed by atoms with van der Waals surface area (Å²) in [6.07, 6.45) is 2.44. The lowest BCUT2D eigenvalue weighted by molar-refractivity contribution is 0.581. The van der Waals surface area contributed by atoms with E-state index in [4.69, 9.17) is 0 Å². The molecule has 0 saturated carbocycles. The number of halogens is 1. The first-order valence-corrected chi connectivity index (χ1v) is 7.99. The van der Waals surface area contributed by atoms with Gasteiger partial charge in [0.2, 0.25) is 0 Å². The lowest BCUT2D eigenvalue weighted by Gasteiger charge is -2.29. The van der Waals surface area contributed by atoms with E-state index in [9.17, 15) is 0 Å². The second-order valence-electron chi connectivity index (χ2n) is 5.56. The molecule has 0 fully saturated rings. The molecular weight excluding hydrogens is 300 g/mol. The van der Waals surface area contributed by atoms with E-state index in [2.05, 4.69) is 79.1 Å². The number of nitrogens with one attached hydrogen (secondary N) is 1. The highest BCUT2D eigenvalue weighted by Crippen LogP contribution is 2.26. The van der Waals surface area contributed by atoms with Crippen molar-refractivity contribution in [1.82, 2.24) is 5.32 Å². The third kappa shape index (κ3) is 5.15. The first kappa shape index (κ1) is 16.5. The minimum atomic E-state index is 0.509. The highest BCUT2D eigenvalue weighted by Gasteiger charge is 2.13. The van der Waals surface area contributed by atoms with E-state index in [1.165, 1.54) is 24.1 Å². The van der Waals surface area contributed by atoms with Crippen LogP contribution in [0.1, 0.15) is 46.1 Å².